The van der Waals surface area contributed by atoms with E-state index in [9.17, 15) is 4.79 Å². The monoisotopic (exact) mass is 338 g/mol. The molecule has 0 saturated carbocycles. The SMILES string of the molecule is CNCCNC(=O)c1ccc(I)cc1Cl. The molecule has 0 aliphatic rings. The van der Waals surface area contributed by atoms with Crippen molar-refractivity contribution in [1.29, 1.82) is 0 Å². The molecule has 0 fully saturated rings. The minimum Gasteiger partial charge on any atom is -0.351 e. The van der Waals surface area contributed by atoms with E-state index in [4.69, 9.17) is 11.6 Å². The summed E-state index contributed by atoms with van der Waals surface area (Å²) in [6, 6.07) is 5.37. The summed E-state index contributed by atoms with van der Waals surface area (Å²) < 4.78 is 1.02. The summed E-state index contributed by atoms with van der Waals surface area (Å²) in [6.07, 6.45) is 0. The zero-order valence-electron chi connectivity index (χ0n) is 8.31. The Balaban J connectivity index is 2.65. The van der Waals surface area contributed by atoms with E-state index < -0.39 is 0 Å². The quantitative estimate of drug-likeness (QED) is 0.650. The highest BCUT2D eigenvalue weighted by molar-refractivity contribution is 14.1. The van der Waals surface area contributed by atoms with Crippen molar-refractivity contribution in [3.63, 3.8) is 0 Å². The first-order valence-corrected chi connectivity index (χ1v) is 5.98. The molecule has 0 radical (unpaired) electrons. The van der Waals surface area contributed by atoms with E-state index in [1.54, 1.807) is 12.1 Å². The number of hydrogen-bond acceptors (Lipinski definition) is 2. The topological polar surface area (TPSA) is 41.1 Å². The number of hydrogen-bond donors (Lipinski definition) is 2. The molecule has 0 aliphatic heterocycles. The highest BCUT2D eigenvalue weighted by atomic mass is 127. The number of carbonyl (C=O) groups excluding carboxylic acids is 1. The van der Waals surface area contributed by atoms with Gasteiger partial charge in [-0.2, -0.15) is 0 Å². The Labute approximate surface area is 108 Å². The second-order valence-corrected chi connectivity index (χ2v) is 4.64. The fourth-order valence-corrected chi connectivity index (χ4v) is 2.01. The first-order valence-electron chi connectivity index (χ1n) is 4.53. The standard InChI is InChI=1S/C10H12ClIN2O/c1-13-4-5-14-10(15)8-3-2-7(12)6-9(8)11/h2-3,6,13H,4-5H2,1H3,(H,14,15). The van der Waals surface area contributed by atoms with Gasteiger partial charge in [-0.3, -0.25) is 4.79 Å². The van der Waals surface area contributed by atoms with Crippen LogP contribution in [-0.2, 0) is 0 Å². The average Bonchev–Trinajstić information content (AvgIpc) is 2.17. The molecule has 0 saturated heterocycles. The van der Waals surface area contributed by atoms with Gasteiger partial charge in [0, 0.05) is 16.7 Å². The minimum atomic E-state index is -0.133. The number of benzene rings is 1. The largest absolute Gasteiger partial charge is 0.351 e. The molecule has 5 heteroatoms. The van der Waals surface area contributed by atoms with E-state index in [0.29, 0.717) is 17.1 Å². The lowest BCUT2D eigenvalue weighted by molar-refractivity contribution is 0.0954. The van der Waals surface area contributed by atoms with Gasteiger partial charge >= 0.3 is 0 Å². The van der Waals surface area contributed by atoms with Crippen LogP contribution in [0.2, 0.25) is 5.02 Å². The molecule has 0 spiro atoms. The van der Waals surface area contributed by atoms with Crippen LogP contribution in [0.5, 0.6) is 0 Å². The maximum atomic E-state index is 11.6. The van der Waals surface area contributed by atoms with Crippen molar-refractivity contribution < 1.29 is 4.79 Å². The van der Waals surface area contributed by atoms with Gasteiger partial charge in [-0.1, -0.05) is 11.6 Å². The van der Waals surface area contributed by atoms with Crippen LogP contribution >= 0.6 is 34.2 Å². The van der Waals surface area contributed by atoms with E-state index in [-0.39, 0.29) is 5.91 Å². The van der Waals surface area contributed by atoms with Crippen LogP contribution < -0.4 is 10.6 Å². The average molecular weight is 339 g/mol. The lowest BCUT2D eigenvalue weighted by Crippen LogP contribution is -2.30. The number of carbonyl (C=O) groups is 1. The van der Waals surface area contributed by atoms with Crippen LogP contribution in [0.1, 0.15) is 10.4 Å². The van der Waals surface area contributed by atoms with Gasteiger partial charge < -0.3 is 10.6 Å². The molecule has 0 heterocycles. The molecule has 82 valence electrons. The van der Waals surface area contributed by atoms with Gasteiger partial charge in [-0.25, -0.2) is 0 Å². The normalized spacial score (nSPS) is 10.1. The van der Waals surface area contributed by atoms with Crippen molar-refractivity contribution in [2.24, 2.45) is 0 Å². The predicted molar refractivity (Wildman–Crippen MR) is 70.4 cm³/mol. The van der Waals surface area contributed by atoms with Gasteiger partial charge in [-0.15, -0.1) is 0 Å². The molecule has 1 rings (SSSR count). The molecule has 0 atom stereocenters. The Morgan fingerprint density at radius 2 is 2.20 bits per heavy atom. The minimum absolute atomic E-state index is 0.133. The molecule has 0 unspecified atom stereocenters. The third kappa shape index (κ3) is 3.96. The van der Waals surface area contributed by atoms with Crippen molar-refractivity contribution in [2.45, 2.75) is 0 Å². The molecule has 15 heavy (non-hydrogen) atoms. The summed E-state index contributed by atoms with van der Waals surface area (Å²) in [5.74, 6) is -0.133. The van der Waals surface area contributed by atoms with Crippen LogP contribution in [0.3, 0.4) is 0 Å². The summed E-state index contributed by atoms with van der Waals surface area (Å²) in [7, 11) is 1.84. The maximum absolute atomic E-state index is 11.6. The predicted octanol–water partition coefficient (Wildman–Crippen LogP) is 1.89. The van der Waals surface area contributed by atoms with Crippen LogP contribution in [0, 0.1) is 3.57 Å². The summed E-state index contributed by atoms with van der Waals surface area (Å²) in [5.41, 5.74) is 0.521. The van der Waals surface area contributed by atoms with Gasteiger partial charge in [0.25, 0.3) is 5.91 Å². The van der Waals surface area contributed by atoms with E-state index in [1.807, 2.05) is 13.1 Å². The second kappa shape index (κ2) is 6.30. The van der Waals surface area contributed by atoms with Crippen LogP contribution in [0.15, 0.2) is 18.2 Å². The first kappa shape index (κ1) is 12.7. The molecule has 0 aromatic heterocycles. The second-order valence-electron chi connectivity index (χ2n) is 2.98. The van der Waals surface area contributed by atoms with Crippen molar-refractivity contribution in [3.05, 3.63) is 32.4 Å². The molecule has 3 nitrogen and oxygen atoms in total. The summed E-state index contributed by atoms with van der Waals surface area (Å²) in [6.45, 7) is 1.34. The van der Waals surface area contributed by atoms with Gasteiger partial charge in [0.15, 0.2) is 0 Å². The van der Waals surface area contributed by atoms with Crippen LogP contribution in [-0.4, -0.2) is 26.0 Å². The Hall–Kier alpha value is -0.330. The van der Waals surface area contributed by atoms with Gasteiger partial charge in [0.05, 0.1) is 10.6 Å². The number of rotatable bonds is 4. The van der Waals surface area contributed by atoms with E-state index in [2.05, 4.69) is 33.2 Å². The molecule has 0 aliphatic carbocycles. The Morgan fingerprint density at radius 1 is 1.47 bits per heavy atom. The van der Waals surface area contributed by atoms with E-state index >= 15 is 0 Å². The van der Waals surface area contributed by atoms with E-state index in [0.717, 1.165) is 10.1 Å². The highest BCUT2D eigenvalue weighted by Crippen LogP contribution is 2.18. The van der Waals surface area contributed by atoms with Crippen molar-refractivity contribution in [1.82, 2.24) is 10.6 Å². The molecule has 1 aromatic carbocycles. The fraction of sp³-hybridized carbons (Fsp3) is 0.300. The molecule has 2 N–H and O–H groups in total. The van der Waals surface area contributed by atoms with Crippen molar-refractivity contribution >= 4 is 40.1 Å². The molecule has 0 bridgehead atoms. The Morgan fingerprint density at radius 3 is 2.80 bits per heavy atom. The van der Waals surface area contributed by atoms with Crippen LogP contribution in [0.4, 0.5) is 0 Å². The zero-order valence-corrected chi connectivity index (χ0v) is 11.2. The van der Waals surface area contributed by atoms with Crippen molar-refractivity contribution in [2.75, 3.05) is 20.1 Å². The van der Waals surface area contributed by atoms with Gasteiger partial charge in [0.1, 0.15) is 0 Å². The third-order valence-electron chi connectivity index (χ3n) is 1.84. The molecular weight excluding hydrogens is 326 g/mol. The van der Waals surface area contributed by atoms with Gasteiger partial charge in [0.2, 0.25) is 0 Å². The van der Waals surface area contributed by atoms with Crippen molar-refractivity contribution in [3.8, 4) is 0 Å². The number of halogens is 2. The smallest absolute Gasteiger partial charge is 0.252 e. The Kier molecular flexibility index (Phi) is 5.35. The first-order chi connectivity index (χ1) is 7.15. The fourth-order valence-electron chi connectivity index (χ4n) is 1.07. The van der Waals surface area contributed by atoms with Gasteiger partial charge in [-0.05, 0) is 47.8 Å². The number of amides is 1. The lowest BCUT2D eigenvalue weighted by Gasteiger charge is -2.06. The van der Waals surface area contributed by atoms with E-state index in [1.165, 1.54) is 0 Å². The molecular formula is C10H12ClIN2O. The molecule has 1 aromatic rings. The summed E-state index contributed by atoms with van der Waals surface area (Å²) >= 11 is 8.11. The maximum Gasteiger partial charge on any atom is 0.252 e. The number of nitrogens with one attached hydrogen (secondary N) is 2. The summed E-state index contributed by atoms with van der Waals surface area (Å²) in [5, 5.41) is 6.21. The highest BCUT2D eigenvalue weighted by Gasteiger charge is 2.09. The zero-order chi connectivity index (χ0) is 11.3. The third-order valence-corrected chi connectivity index (χ3v) is 2.82. The van der Waals surface area contributed by atoms with Crippen LogP contribution in [0.25, 0.3) is 0 Å². The Bertz CT molecular complexity index is 357. The number of likely N-dealkylation sites (N-methyl/N-ethyl adjacent to an activating group) is 1. The molecule has 1 amide bonds. The lowest BCUT2D eigenvalue weighted by atomic mass is 10.2. The summed E-state index contributed by atoms with van der Waals surface area (Å²) in [4.78, 5) is 11.6.